The molecular weight excluding hydrogens is 406 g/mol. The van der Waals surface area contributed by atoms with E-state index in [1.54, 1.807) is 0 Å². The summed E-state index contributed by atoms with van der Waals surface area (Å²) in [6, 6.07) is 0. The van der Waals surface area contributed by atoms with Gasteiger partial charge in [0.2, 0.25) is 12.4 Å². The van der Waals surface area contributed by atoms with Crippen molar-refractivity contribution in [1.82, 2.24) is 0 Å². The molecule has 1 aliphatic rings. The summed E-state index contributed by atoms with van der Waals surface area (Å²) in [5.74, 6) is -3.39. The number of rotatable bonds is 7. The summed E-state index contributed by atoms with van der Waals surface area (Å²) in [5.41, 5.74) is 0. The Kier molecular flexibility index (Phi) is 8.29. The van der Waals surface area contributed by atoms with Crippen LogP contribution < -0.4 is 5.14 Å². The van der Waals surface area contributed by atoms with Crippen LogP contribution in [0, 0.1) is 0 Å². The summed E-state index contributed by atoms with van der Waals surface area (Å²) in [4.78, 5) is 45.8. The van der Waals surface area contributed by atoms with E-state index in [2.05, 4.69) is 4.18 Å². The molecular formula is C14H21NO12S. The number of ether oxygens (including phenoxy) is 5. The zero-order chi connectivity index (χ0) is 21.6. The quantitative estimate of drug-likeness (QED) is 0.359. The van der Waals surface area contributed by atoms with Crippen molar-refractivity contribution in [1.29, 1.82) is 0 Å². The molecule has 1 aliphatic heterocycles. The molecule has 5 atom stereocenters. The molecule has 0 bridgehead atoms. The van der Waals surface area contributed by atoms with Gasteiger partial charge in [0.05, 0.1) is 6.61 Å². The summed E-state index contributed by atoms with van der Waals surface area (Å²) in [7, 11) is -4.41. The summed E-state index contributed by atoms with van der Waals surface area (Å²) >= 11 is 0. The molecule has 14 heteroatoms. The third kappa shape index (κ3) is 7.75. The molecule has 0 amide bonds. The SMILES string of the molecule is CC(=O)O[C@@H]1O[C@H](COS(N)(=O)=O)[C@@H](OC(C)=O)[C@H](OC(C)=O)[C@H]1OC(C)=O. The number of nitrogens with two attached hydrogens (primary N) is 1. The largest absolute Gasteiger partial charge is 0.456 e. The molecule has 0 aromatic rings. The molecule has 1 rings (SSSR count). The molecule has 0 saturated carbocycles. The van der Waals surface area contributed by atoms with E-state index in [0.717, 1.165) is 27.7 Å². The van der Waals surface area contributed by atoms with Gasteiger partial charge < -0.3 is 23.7 Å². The van der Waals surface area contributed by atoms with Gasteiger partial charge in [0.25, 0.3) is 0 Å². The van der Waals surface area contributed by atoms with Gasteiger partial charge in [0, 0.05) is 27.7 Å². The van der Waals surface area contributed by atoms with Gasteiger partial charge >= 0.3 is 34.2 Å². The van der Waals surface area contributed by atoms with Crippen molar-refractivity contribution in [3.63, 3.8) is 0 Å². The molecule has 160 valence electrons. The number of hydrogen-bond acceptors (Lipinski definition) is 12. The van der Waals surface area contributed by atoms with Crippen molar-refractivity contribution >= 4 is 34.2 Å². The highest BCUT2D eigenvalue weighted by Gasteiger charge is 2.53. The first-order valence-corrected chi connectivity index (χ1v) is 9.28. The summed E-state index contributed by atoms with van der Waals surface area (Å²) in [5, 5.41) is 4.77. The van der Waals surface area contributed by atoms with Crippen LogP contribution in [0.5, 0.6) is 0 Å². The Morgan fingerprint density at radius 2 is 1.21 bits per heavy atom. The highest BCUT2D eigenvalue weighted by atomic mass is 32.2. The predicted octanol–water partition coefficient (Wildman–Crippen LogP) is -1.71. The van der Waals surface area contributed by atoms with Crippen LogP contribution in [0.2, 0.25) is 0 Å². The van der Waals surface area contributed by atoms with Crippen molar-refractivity contribution < 1.29 is 55.5 Å². The van der Waals surface area contributed by atoms with Crippen molar-refractivity contribution in [3.05, 3.63) is 0 Å². The van der Waals surface area contributed by atoms with Crippen LogP contribution in [0.3, 0.4) is 0 Å². The minimum atomic E-state index is -4.41. The monoisotopic (exact) mass is 427 g/mol. The van der Waals surface area contributed by atoms with Gasteiger partial charge in [-0.1, -0.05) is 0 Å². The van der Waals surface area contributed by atoms with Crippen LogP contribution in [-0.4, -0.2) is 69.6 Å². The van der Waals surface area contributed by atoms with Gasteiger partial charge in [-0.15, -0.1) is 0 Å². The molecule has 28 heavy (non-hydrogen) atoms. The molecule has 0 aromatic heterocycles. The van der Waals surface area contributed by atoms with Crippen molar-refractivity contribution in [2.75, 3.05) is 6.61 Å². The summed E-state index contributed by atoms with van der Waals surface area (Å²) in [6.07, 6.45) is -7.52. The average molecular weight is 427 g/mol. The maximum Gasteiger partial charge on any atom is 0.333 e. The maximum absolute atomic E-state index is 11.5. The second-order valence-electron chi connectivity index (χ2n) is 5.65. The average Bonchev–Trinajstić information content (AvgIpc) is 2.48. The van der Waals surface area contributed by atoms with E-state index in [1.165, 1.54) is 0 Å². The van der Waals surface area contributed by atoms with E-state index in [1.807, 2.05) is 0 Å². The summed E-state index contributed by atoms with van der Waals surface area (Å²) < 4.78 is 52.1. The molecule has 13 nitrogen and oxygen atoms in total. The fourth-order valence-electron chi connectivity index (χ4n) is 2.41. The van der Waals surface area contributed by atoms with Gasteiger partial charge in [-0.05, 0) is 0 Å². The second kappa shape index (κ2) is 9.77. The van der Waals surface area contributed by atoms with Gasteiger partial charge in [-0.2, -0.15) is 8.42 Å². The molecule has 1 heterocycles. The Morgan fingerprint density at radius 1 is 0.786 bits per heavy atom. The Balaban J connectivity index is 3.33. The molecule has 0 spiro atoms. The van der Waals surface area contributed by atoms with Crippen molar-refractivity contribution in [3.8, 4) is 0 Å². The zero-order valence-corrected chi connectivity index (χ0v) is 16.3. The van der Waals surface area contributed by atoms with E-state index in [0.29, 0.717) is 0 Å². The van der Waals surface area contributed by atoms with Crippen LogP contribution in [0.4, 0.5) is 0 Å². The number of carbonyl (C=O) groups is 4. The minimum Gasteiger partial charge on any atom is -0.456 e. The molecule has 2 N–H and O–H groups in total. The fourth-order valence-corrected chi connectivity index (χ4v) is 2.73. The molecule has 1 fully saturated rings. The first kappa shape index (κ1) is 23.7. The molecule has 0 unspecified atom stereocenters. The van der Waals surface area contributed by atoms with Crippen LogP contribution in [0.15, 0.2) is 0 Å². The third-order valence-corrected chi connectivity index (χ3v) is 3.64. The van der Waals surface area contributed by atoms with E-state index >= 15 is 0 Å². The maximum atomic E-state index is 11.5. The highest BCUT2D eigenvalue weighted by Crippen LogP contribution is 2.30. The van der Waals surface area contributed by atoms with E-state index in [9.17, 15) is 27.6 Å². The van der Waals surface area contributed by atoms with Gasteiger partial charge in [-0.3, -0.25) is 23.4 Å². The number of esters is 4. The highest BCUT2D eigenvalue weighted by molar-refractivity contribution is 7.84. The Morgan fingerprint density at radius 3 is 1.64 bits per heavy atom. The lowest BCUT2D eigenvalue weighted by atomic mass is 9.98. The van der Waals surface area contributed by atoms with Gasteiger partial charge in [-0.25, -0.2) is 5.14 Å². The second-order valence-corrected chi connectivity index (χ2v) is 6.87. The molecule has 0 aliphatic carbocycles. The molecule has 1 saturated heterocycles. The van der Waals surface area contributed by atoms with Crippen LogP contribution in [0.1, 0.15) is 27.7 Å². The topological polar surface area (TPSA) is 184 Å². The Labute approximate surface area is 160 Å². The smallest absolute Gasteiger partial charge is 0.333 e. The van der Waals surface area contributed by atoms with E-state index in [4.69, 9.17) is 28.8 Å². The van der Waals surface area contributed by atoms with Crippen molar-refractivity contribution in [2.24, 2.45) is 5.14 Å². The first-order chi connectivity index (χ1) is 12.8. The third-order valence-electron chi connectivity index (χ3n) is 3.18. The van der Waals surface area contributed by atoms with Crippen LogP contribution in [-0.2, 0) is 57.3 Å². The van der Waals surface area contributed by atoms with Crippen molar-refractivity contribution in [2.45, 2.75) is 58.4 Å². The first-order valence-electron chi connectivity index (χ1n) is 7.81. The zero-order valence-electron chi connectivity index (χ0n) is 15.5. The number of hydrogen-bond donors (Lipinski definition) is 1. The summed E-state index contributed by atoms with van der Waals surface area (Å²) in [6.45, 7) is 3.35. The van der Waals surface area contributed by atoms with Gasteiger partial charge in [0.15, 0.2) is 12.2 Å². The molecule has 0 aromatic carbocycles. The Hall–Kier alpha value is -2.29. The van der Waals surface area contributed by atoms with Crippen LogP contribution in [0.25, 0.3) is 0 Å². The minimum absolute atomic E-state index is 0.779. The number of carbonyl (C=O) groups excluding carboxylic acids is 4. The van der Waals surface area contributed by atoms with E-state index < -0.39 is 71.5 Å². The fraction of sp³-hybridized carbons (Fsp3) is 0.714. The molecule has 0 radical (unpaired) electrons. The standard InChI is InChI=1S/C14H21NO12S/c1-6(16)23-11-10(5-22-28(15,20)21)27-14(26-9(4)19)13(25-8(3)18)12(11)24-7(2)17/h10-14H,5H2,1-4H3,(H2,15,20,21)/t10-,11-,12+,13-,14-/m1/s1. The predicted molar refractivity (Wildman–Crippen MR) is 86.1 cm³/mol. The lowest BCUT2D eigenvalue weighted by Crippen LogP contribution is -2.63. The lowest BCUT2D eigenvalue weighted by molar-refractivity contribution is -0.298. The normalized spacial score (nSPS) is 27.4. The Bertz CT molecular complexity index is 720. The lowest BCUT2D eigenvalue weighted by Gasteiger charge is -2.43. The van der Waals surface area contributed by atoms with Gasteiger partial charge in [0.1, 0.15) is 6.10 Å². The van der Waals surface area contributed by atoms with Crippen LogP contribution >= 0.6 is 0 Å². The van der Waals surface area contributed by atoms with E-state index in [-0.39, 0.29) is 0 Å².